The second kappa shape index (κ2) is 9.00. The summed E-state index contributed by atoms with van der Waals surface area (Å²) in [6.07, 6.45) is 4.69. The van der Waals surface area contributed by atoms with Gasteiger partial charge in [0.2, 0.25) is 5.91 Å². The first-order valence-corrected chi connectivity index (χ1v) is 9.35. The van der Waals surface area contributed by atoms with E-state index in [9.17, 15) is 14.9 Å². The zero-order valence-electron chi connectivity index (χ0n) is 15.2. The normalized spacial score (nSPS) is 13.7. The Bertz CT molecular complexity index is 864. The number of nitrogens with zero attached hydrogens (tertiary/aromatic N) is 1. The Morgan fingerprint density at radius 3 is 2.41 bits per heavy atom. The number of amides is 2. The topological polar surface area (TPSA) is 82.0 Å². The molecule has 138 valence electrons. The molecule has 0 aliphatic heterocycles. The third-order valence-electron chi connectivity index (χ3n) is 4.87. The van der Waals surface area contributed by atoms with Gasteiger partial charge in [0.05, 0.1) is 11.6 Å². The van der Waals surface area contributed by atoms with Gasteiger partial charge in [0.25, 0.3) is 5.91 Å². The molecular formula is C22H23N3O2. The van der Waals surface area contributed by atoms with E-state index in [2.05, 4.69) is 16.7 Å². The lowest BCUT2D eigenvalue weighted by Gasteiger charge is -2.13. The minimum absolute atomic E-state index is 0.0229. The fourth-order valence-corrected chi connectivity index (χ4v) is 3.49. The fourth-order valence-electron chi connectivity index (χ4n) is 3.49. The van der Waals surface area contributed by atoms with Crippen LogP contribution in [0.1, 0.15) is 48.0 Å². The van der Waals surface area contributed by atoms with Gasteiger partial charge in [0.15, 0.2) is 0 Å². The Balaban J connectivity index is 1.64. The van der Waals surface area contributed by atoms with E-state index in [1.165, 1.54) is 12.8 Å². The highest BCUT2D eigenvalue weighted by Crippen LogP contribution is 2.26. The number of rotatable bonds is 6. The van der Waals surface area contributed by atoms with Crippen LogP contribution in [0, 0.1) is 11.3 Å². The summed E-state index contributed by atoms with van der Waals surface area (Å²) in [4.78, 5) is 24.6. The molecule has 1 aliphatic rings. The number of hydrogen-bond donors (Lipinski definition) is 2. The first-order chi connectivity index (χ1) is 13.2. The molecule has 0 saturated heterocycles. The van der Waals surface area contributed by atoms with E-state index >= 15 is 0 Å². The van der Waals surface area contributed by atoms with E-state index in [0.29, 0.717) is 16.7 Å². The van der Waals surface area contributed by atoms with E-state index in [1.807, 2.05) is 24.3 Å². The van der Waals surface area contributed by atoms with Crippen LogP contribution in [-0.2, 0) is 4.79 Å². The molecule has 5 nitrogen and oxygen atoms in total. The second-order valence-corrected chi connectivity index (χ2v) is 6.76. The lowest BCUT2D eigenvalue weighted by molar-refractivity contribution is -0.121. The SMILES string of the molecule is N#Cc1ccccc1-c1ccccc1C(=O)NCCC(=O)NC1CCCC1. The van der Waals surface area contributed by atoms with E-state index < -0.39 is 0 Å². The average Bonchev–Trinajstić information content (AvgIpc) is 3.20. The maximum atomic E-state index is 12.6. The number of hydrogen-bond acceptors (Lipinski definition) is 3. The molecule has 2 aromatic carbocycles. The van der Waals surface area contributed by atoms with Crippen LogP contribution in [0.4, 0.5) is 0 Å². The van der Waals surface area contributed by atoms with Crippen LogP contribution in [0.5, 0.6) is 0 Å². The number of benzene rings is 2. The number of carbonyl (C=O) groups excluding carboxylic acids is 2. The zero-order chi connectivity index (χ0) is 19.1. The minimum Gasteiger partial charge on any atom is -0.353 e. The largest absolute Gasteiger partial charge is 0.353 e. The van der Waals surface area contributed by atoms with E-state index in [1.54, 1.807) is 24.3 Å². The quantitative estimate of drug-likeness (QED) is 0.827. The first kappa shape index (κ1) is 18.7. The molecule has 3 rings (SSSR count). The molecule has 2 aromatic rings. The average molecular weight is 361 g/mol. The molecule has 0 radical (unpaired) electrons. The van der Waals surface area contributed by atoms with Gasteiger partial charge in [-0.15, -0.1) is 0 Å². The van der Waals surface area contributed by atoms with Gasteiger partial charge in [-0.1, -0.05) is 49.2 Å². The van der Waals surface area contributed by atoms with Gasteiger partial charge < -0.3 is 10.6 Å². The van der Waals surface area contributed by atoms with Crippen molar-refractivity contribution in [2.45, 2.75) is 38.1 Å². The maximum Gasteiger partial charge on any atom is 0.251 e. The fraction of sp³-hybridized carbons (Fsp3) is 0.318. The molecule has 2 amide bonds. The van der Waals surface area contributed by atoms with Gasteiger partial charge in [0.1, 0.15) is 0 Å². The van der Waals surface area contributed by atoms with E-state index in [4.69, 9.17) is 0 Å². The van der Waals surface area contributed by atoms with Crippen molar-refractivity contribution in [3.8, 4) is 17.2 Å². The molecule has 1 fully saturated rings. The predicted octanol–water partition coefficient (Wildman–Crippen LogP) is 3.40. The number of carbonyl (C=O) groups is 2. The molecule has 0 unspecified atom stereocenters. The molecule has 5 heteroatoms. The Hall–Kier alpha value is -3.13. The molecule has 0 spiro atoms. The molecule has 0 heterocycles. The Labute approximate surface area is 159 Å². The smallest absolute Gasteiger partial charge is 0.251 e. The van der Waals surface area contributed by atoms with Crippen molar-refractivity contribution in [1.82, 2.24) is 10.6 Å². The standard InChI is InChI=1S/C22H23N3O2/c23-15-16-7-1-4-10-18(16)19-11-5-6-12-20(19)22(27)24-14-13-21(26)25-17-8-2-3-9-17/h1,4-7,10-12,17H,2-3,8-9,13-14H2,(H,24,27)(H,25,26). The van der Waals surface area contributed by atoms with Gasteiger partial charge >= 0.3 is 0 Å². The number of nitrogens with one attached hydrogen (secondary N) is 2. The van der Waals surface area contributed by atoms with Gasteiger partial charge in [-0.2, -0.15) is 5.26 Å². The zero-order valence-corrected chi connectivity index (χ0v) is 15.2. The molecule has 1 aliphatic carbocycles. The predicted molar refractivity (Wildman–Crippen MR) is 104 cm³/mol. The van der Waals surface area contributed by atoms with Crippen LogP contribution >= 0.6 is 0 Å². The van der Waals surface area contributed by atoms with E-state index in [0.717, 1.165) is 18.4 Å². The highest BCUT2D eigenvalue weighted by atomic mass is 16.2. The third kappa shape index (κ3) is 4.73. The van der Waals surface area contributed by atoms with Crippen LogP contribution in [0.25, 0.3) is 11.1 Å². The van der Waals surface area contributed by atoms with Crippen LogP contribution in [0.3, 0.4) is 0 Å². The van der Waals surface area contributed by atoms with Crippen LogP contribution in [0.15, 0.2) is 48.5 Å². The highest BCUT2D eigenvalue weighted by molar-refractivity contribution is 6.01. The summed E-state index contributed by atoms with van der Waals surface area (Å²) < 4.78 is 0. The van der Waals surface area contributed by atoms with Crippen LogP contribution in [0.2, 0.25) is 0 Å². The Kier molecular flexibility index (Phi) is 6.22. The minimum atomic E-state index is -0.244. The summed E-state index contributed by atoms with van der Waals surface area (Å²) in [7, 11) is 0. The van der Waals surface area contributed by atoms with Crippen LogP contribution < -0.4 is 10.6 Å². The first-order valence-electron chi connectivity index (χ1n) is 9.35. The summed E-state index contributed by atoms with van der Waals surface area (Å²) in [5, 5.41) is 15.2. The van der Waals surface area contributed by atoms with Gasteiger partial charge in [-0.3, -0.25) is 9.59 Å². The summed E-state index contributed by atoms with van der Waals surface area (Å²) >= 11 is 0. The van der Waals surface area contributed by atoms with Crippen molar-refractivity contribution < 1.29 is 9.59 Å². The summed E-state index contributed by atoms with van der Waals surface area (Å²) in [5.41, 5.74) is 2.46. The van der Waals surface area contributed by atoms with Crippen molar-refractivity contribution in [3.63, 3.8) is 0 Å². The van der Waals surface area contributed by atoms with Crippen molar-refractivity contribution in [2.75, 3.05) is 6.54 Å². The summed E-state index contributed by atoms with van der Waals surface area (Å²) in [6, 6.07) is 16.9. The molecule has 1 saturated carbocycles. The molecule has 27 heavy (non-hydrogen) atoms. The highest BCUT2D eigenvalue weighted by Gasteiger charge is 2.18. The summed E-state index contributed by atoms with van der Waals surface area (Å²) in [5.74, 6) is -0.266. The molecule has 0 atom stereocenters. The molecule has 2 N–H and O–H groups in total. The van der Waals surface area contributed by atoms with Crippen molar-refractivity contribution in [3.05, 3.63) is 59.7 Å². The van der Waals surface area contributed by atoms with Crippen molar-refractivity contribution in [2.24, 2.45) is 0 Å². The lowest BCUT2D eigenvalue weighted by Crippen LogP contribution is -2.35. The van der Waals surface area contributed by atoms with Gasteiger partial charge in [0, 0.05) is 30.1 Å². The van der Waals surface area contributed by atoms with Gasteiger partial charge in [-0.05, 0) is 30.5 Å². The Morgan fingerprint density at radius 1 is 1.00 bits per heavy atom. The van der Waals surface area contributed by atoms with Crippen molar-refractivity contribution >= 4 is 11.8 Å². The second-order valence-electron chi connectivity index (χ2n) is 6.76. The summed E-state index contributed by atoms with van der Waals surface area (Å²) in [6.45, 7) is 0.283. The molecule has 0 bridgehead atoms. The van der Waals surface area contributed by atoms with Crippen LogP contribution in [-0.4, -0.2) is 24.4 Å². The lowest BCUT2D eigenvalue weighted by atomic mass is 9.95. The Morgan fingerprint density at radius 2 is 1.67 bits per heavy atom. The van der Waals surface area contributed by atoms with E-state index in [-0.39, 0.29) is 30.8 Å². The third-order valence-corrected chi connectivity index (χ3v) is 4.87. The number of nitriles is 1. The van der Waals surface area contributed by atoms with Crippen molar-refractivity contribution in [1.29, 1.82) is 5.26 Å². The molecule has 0 aromatic heterocycles. The maximum absolute atomic E-state index is 12.6. The molecular weight excluding hydrogens is 338 g/mol. The van der Waals surface area contributed by atoms with Gasteiger partial charge in [-0.25, -0.2) is 0 Å². The monoisotopic (exact) mass is 361 g/mol.